The lowest BCUT2D eigenvalue weighted by atomic mass is 10.2. The van der Waals surface area contributed by atoms with Crippen molar-refractivity contribution >= 4 is 11.6 Å². The Bertz CT molecular complexity index is 606. The predicted molar refractivity (Wildman–Crippen MR) is 84.7 cm³/mol. The van der Waals surface area contributed by atoms with Crippen LogP contribution in [-0.2, 0) is 4.79 Å². The van der Waals surface area contributed by atoms with E-state index >= 15 is 0 Å². The summed E-state index contributed by atoms with van der Waals surface area (Å²) in [5.41, 5.74) is 0.728. The van der Waals surface area contributed by atoms with Crippen LogP contribution in [0.1, 0.15) is 6.92 Å². The van der Waals surface area contributed by atoms with Gasteiger partial charge in [-0.2, -0.15) is 0 Å². The summed E-state index contributed by atoms with van der Waals surface area (Å²) < 4.78 is 16.0. The summed E-state index contributed by atoms with van der Waals surface area (Å²) in [7, 11) is 3.12. The number of methoxy groups -OCH3 is 2. The van der Waals surface area contributed by atoms with Crippen molar-refractivity contribution in [2.45, 2.75) is 13.0 Å². The van der Waals surface area contributed by atoms with Gasteiger partial charge in [0.05, 0.1) is 14.2 Å². The normalized spacial score (nSPS) is 11.4. The van der Waals surface area contributed by atoms with E-state index in [0.717, 1.165) is 5.69 Å². The van der Waals surface area contributed by atoms with E-state index in [2.05, 4.69) is 5.32 Å². The highest BCUT2D eigenvalue weighted by Gasteiger charge is 2.15. The van der Waals surface area contributed by atoms with Crippen LogP contribution in [0.3, 0.4) is 0 Å². The fourth-order valence-electron chi connectivity index (χ4n) is 1.87. The van der Waals surface area contributed by atoms with Crippen LogP contribution in [0.2, 0.25) is 0 Å². The van der Waals surface area contributed by atoms with Crippen LogP contribution in [0.25, 0.3) is 0 Å². The first-order chi connectivity index (χ1) is 10.6. The Balaban J connectivity index is 2.04. The molecule has 116 valence electrons. The monoisotopic (exact) mass is 301 g/mol. The van der Waals surface area contributed by atoms with Crippen molar-refractivity contribution in [2.24, 2.45) is 0 Å². The Labute approximate surface area is 129 Å². The molecule has 0 radical (unpaired) electrons. The zero-order valence-corrected chi connectivity index (χ0v) is 12.8. The van der Waals surface area contributed by atoms with E-state index < -0.39 is 6.10 Å². The van der Waals surface area contributed by atoms with Crippen LogP contribution < -0.4 is 19.5 Å². The molecule has 5 nitrogen and oxygen atoms in total. The molecule has 0 aliphatic carbocycles. The molecule has 0 spiro atoms. The number of benzene rings is 2. The summed E-state index contributed by atoms with van der Waals surface area (Å²) in [4.78, 5) is 12.1. The maximum atomic E-state index is 12.1. The van der Waals surface area contributed by atoms with E-state index in [0.29, 0.717) is 17.2 Å². The molecule has 0 saturated carbocycles. The van der Waals surface area contributed by atoms with E-state index in [9.17, 15) is 4.79 Å². The summed E-state index contributed by atoms with van der Waals surface area (Å²) in [5.74, 6) is 1.48. The minimum absolute atomic E-state index is 0.229. The van der Waals surface area contributed by atoms with Crippen LogP contribution in [0.15, 0.2) is 48.5 Å². The first-order valence-electron chi connectivity index (χ1n) is 6.88. The zero-order valence-electron chi connectivity index (χ0n) is 12.8. The number of rotatable bonds is 6. The Morgan fingerprint density at radius 3 is 2.05 bits per heavy atom. The van der Waals surface area contributed by atoms with Gasteiger partial charge < -0.3 is 19.5 Å². The molecule has 0 bridgehead atoms. The quantitative estimate of drug-likeness (QED) is 0.890. The van der Waals surface area contributed by atoms with E-state index in [1.807, 2.05) is 30.3 Å². The number of ether oxygens (including phenoxy) is 3. The Kier molecular flexibility index (Phi) is 5.25. The number of carbonyl (C=O) groups is 1. The van der Waals surface area contributed by atoms with Crippen molar-refractivity contribution in [1.82, 2.24) is 0 Å². The van der Waals surface area contributed by atoms with Gasteiger partial charge in [0.15, 0.2) is 6.10 Å². The van der Waals surface area contributed by atoms with Crippen molar-refractivity contribution in [3.05, 3.63) is 48.5 Å². The van der Waals surface area contributed by atoms with E-state index in [-0.39, 0.29) is 5.91 Å². The highest BCUT2D eigenvalue weighted by Crippen LogP contribution is 2.28. The highest BCUT2D eigenvalue weighted by molar-refractivity contribution is 5.94. The molecule has 22 heavy (non-hydrogen) atoms. The molecule has 1 amide bonds. The lowest BCUT2D eigenvalue weighted by Crippen LogP contribution is -2.30. The van der Waals surface area contributed by atoms with Crippen LogP contribution in [0.5, 0.6) is 17.2 Å². The standard InChI is InChI=1S/C17H19NO4/c1-12(17(19)18-13-7-5-4-6-8-13)22-16-10-14(20-2)9-15(11-16)21-3/h4-12H,1-3H3,(H,18,19)/t12-/m0/s1. The minimum atomic E-state index is -0.656. The summed E-state index contributed by atoms with van der Waals surface area (Å²) >= 11 is 0. The van der Waals surface area contributed by atoms with E-state index in [1.54, 1.807) is 39.3 Å². The second-order valence-corrected chi connectivity index (χ2v) is 4.66. The van der Waals surface area contributed by atoms with Crippen molar-refractivity contribution in [3.63, 3.8) is 0 Å². The molecule has 2 rings (SSSR count). The lowest BCUT2D eigenvalue weighted by molar-refractivity contribution is -0.122. The maximum Gasteiger partial charge on any atom is 0.265 e. The number of para-hydroxylation sites is 1. The minimum Gasteiger partial charge on any atom is -0.496 e. The molecule has 0 saturated heterocycles. The molecule has 0 aliphatic rings. The van der Waals surface area contributed by atoms with Crippen molar-refractivity contribution in [2.75, 3.05) is 19.5 Å². The first kappa shape index (κ1) is 15.7. The first-order valence-corrected chi connectivity index (χ1v) is 6.88. The third-order valence-electron chi connectivity index (χ3n) is 3.05. The van der Waals surface area contributed by atoms with Crippen LogP contribution in [-0.4, -0.2) is 26.2 Å². The van der Waals surface area contributed by atoms with Crippen LogP contribution in [0, 0.1) is 0 Å². The second kappa shape index (κ2) is 7.36. The fraction of sp³-hybridized carbons (Fsp3) is 0.235. The molecule has 0 fully saturated rings. The van der Waals surface area contributed by atoms with Gasteiger partial charge in [0, 0.05) is 23.9 Å². The molecular formula is C17H19NO4. The fourth-order valence-corrected chi connectivity index (χ4v) is 1.87. The summed E-state index contributed by atoms with van der Waals surface area (Å²) in [6.45, 7) is 1.68. The summed E-state index contributed by atoms with van der Waals surface area (Å²) in [5, 5.41) is 2.79. The molecule has 2 aromatic carbocycles. The molecule has 2 aromatic rings. The molecule has 0 unspecified atom stereocenters. The van der Waals surface area contributed by atoms with Gasteiger partial charge in [-0.1, -0.05) is 18.2 Å². The Hall–Kier alpha value is -2.69. The van der Waals surface area contributed by atoms with Crippen LogP contribution in [0.4, 0.5) is 5.69 Å². The number of nitrogens with one attached hydrogen (secondary N) is 1. The predicted octanol–water partition coefficient (Wildman–Crippen LogP) is 3.11. The third kappa shape index (κ3) is 4.15. The largest absolute Gasteiger partial charge is 0.496 e. The number of anilines is 1. The van der Waals surface area contributed by atoms with Gasteiger partial charge in [-0.15, -0.1) is 0 Å². The number of hydrogen-bond acceptors (Lipinski definition) is 4. The average molecular weight is 301 g/mol. The Morgan fingerprint density at radius 1 is 0.955 bits per heavy atom. The molecule has 1 atom stereocenters. The van der Waals surface area contributed by atoms with Crippen molar-refractivity contribution in [3.8, 4) is 17.2 Å². The van der Waals surface area contributed by atoms with Crippen LogP contribution >= 0.6 is 0 Å². The molecular weight excluding hydrogens is 282 g/mol. The van der Waals surface area contributed by atoms with Gasteiger partial charge in [-0.05, 0) is 19.1 Å². The summed E-state index contributed by atoms with van der Waals surface area (Å²) in [6.07, 6.45) is -0.656. The number of hydrogen-bond donors (Lipinski definition) is 1. The van der Waals surface area contributed by atoms with Gasteiger partial charge in [0.25, 0.3) is 5.91 Å². The van der Waals surface area contributed by atoms with Gasteiger partial charge in [-0.25, -0.2) is 0 Å². The second-order valence-electron chi connectivity index (χ2n) is 4.66. The average Bonchev–Trinajstić information content (AvgIpc) is 2.55. The van der Waals surface area contributed by atoms with Gasteiger partial charge >= 0.3 is 0 Å². The maximum absolute atomic E-state index is 12.1. The van der Waals surface area contributed by atoms with E-state index in [4.69, 9.17) is 14.2 Å². The van der Waals surface area contributed by atoms with Crippen molar-refractivity contribution in [1.29, 1.82) is 0 Å². The van der Waals surface area contributed by atoms with E-state index in [1.165, 1.54) is 0 Å². The third-order valence-corrected chi connectivity index (χ3v) is 3.05. The summed E-state index contributed by atoms with van der Waals surface area (Å²) in [6, 6.07) is 14.4. The molecule has 0 aromatic heterocycles. The molecule has 1 N–H and O–H groups in total. The van der Waals surface area contributed by atoms with Crippen molar-refractivity contribution < 1.29 is 19.0 Å². The van der Waals surface area contributed by atoms with Gasteiger partial charge in [-0.3, -0.25) is 4.79 Å². The topological polar surface area (TPSA) is 56.8 Å². The number of amides is 1. The molecule has 0 aliphatic heterocycles. The highest BCUT2D eigenvalue weighted by atomic mass is 16.5. The SMILES string of the molecule is COc1cc(OC)cc(O[C@@H](C)C(=O)Nc2ccccc2)c1. The lowest BCUT2D eigenvalue weighted by Gasteiger charge is -2.16. The zero-order chi connectivity index (χ0) is 15.9. The van der Waals surface area contributed by atoms with Gasteiger partial charge in [0.2, 0.25) is 0 Å². The smallest absolute Gasteiger partial charge is 0.265 e. The Morgan fingerprint density at radius 2 is 1.50 bits per heavy atom. The number of carbonyl (C=O) groups excluding carboxylic acids is 1. The molecule has 5 heteroatoms. The molecule has 0 heterocycles. The van der Waals surface area contributed by atoms with Gasteiger partial charge in [0.1, 0.15) is 17.2 Å².